The van der Waals surface area contributed by atoms with Crippen LogP contribution in [0.4, 0.5) is 18.0 Å². The van der Waals surface area contributed by atoms with Crippen LogP contribution in [-0.4, -0.2) is 91.7 Å². The summed E-state index contributed by atoms with van der Waals surface area (Å²) in [5.41, 5.74) is 0.527. The predicted molar refractivity (Wildman–Crippen MR) is 234 cm³/mol. The normalized spacial score (nSPS) is 18.5. The van der Waals surface area contributed by atoms with Gasteiger partial charge in [0, 0.05) is 24.5 Å². The maximum Gasteiger partial charge on any atom is 0.452 e. The topological polar surface area (TPSA) is 177 Å². The van der Waals surface area contributed by atoms with Gasteiger partial charge in [-0.1, -0.05) is 86.8 Å². The molecule has 0 aromatic heterocycles. The molecule has 1 aliphatic heterocycles. The smallest absolute Gasteiger partial charge is 0.452 e. The monoisotopic (exact) mass is 932 g/mol. The molecule has 1 saturated heterocycles. The van der Waals surface area contributed by atoms with Crippen LogP contribution in [0.25, 0.3) is 0 Å². The highest BCUT2D eigenvalue weighted by atomic mass is 35.5. The number of ketones is 1. The van der Waals surface area contributed by atoms with Crippen molar-refractivity contribution in [2.45, 2.75) is 126 Å². The van der Waals surface area contributed by atoms with Crippen molar-refractivity contribution < 1.29 is 55.0 Å². The number of benzene rings is 3. The molecule has 5 rings (SSSR count). The van der Waals surface area contributed by atoms with Crippen molar-refractivity contribution in [3.63, 3.8) is 0 Å². The Bertz CT molecular complexity index is 2260. The number of carbonyl (C=O) groups excluding carboxylic acids is 5. The molecule has 3 N–H and O–H groups in total. The Labute approximate surface area is 377 Å². The number of likely N-dealkylation sites (tertiary alicyclic amines) is 1. The molecule has 1 aliphatic carbocycles. The lowest BCUT2D eigenvalue weighted by molar-refractivity contribution is -0.175. The molecule has 2 fully saturated rings. The van der Waals surface area contributed by atoms with Gasteiger partial charge in [0.1, 0.15) is 23.4 Å². The number of alkyl carbamates (subject to hydrolysis) is 1. The molecular formula is C46H56ClF3N4O9S. The molecule has 64 heavy (non-hydrogen) atoms. The maximum absolute atomic E-state index is 15.1. The van der Waals surface area contributed by atoms with Crippen molar-refractivity contribution >= 4 is 51.0 Å². The van der Waals surface area contributed by atoms with E-state index in [0.29, 0.717) is 58.7 Å². The number of nitrogens with zero attached hydrogens (tertiary/aromatic N) is 1. The Kier molecular flexibility index (Phi) is 15.8. The molecule has 18 heteroatoms. The first-order valence-electron chi connectivity index (χ1n) is 21.1. The average Bonchev–Trinajstić information content (AvgIpc) is 3.91. The summed E-state index contributed by atoms with van der Waals surface area (Å²) in [6.45, 7) is 7.42. The lowest BCUT2D eigenvalue weighted by atomic mass is 9.77. The first-order valence-corrected chi connectivity index (χ1v) is 23.2. The van der Waals surface area contributed by atoms with Crippen molar-refractivity contribution in [1.29, 1.82) is 0 Å². The fraction of sp³-hybridized carbons (Fsp3) is 0.500. The second kappa shape index (κ2) is 20.3. The van der Waals surface area contributed by atoms with Gasteiger partial charge in [-0.15, -0.1) is 0 Å². The van der Waals surface area contributed by atoms with Gasteiger partial charge in [0.15, 0.2) is 9.84 Å². The van der Waals surface area contributed by atoms with E-state index in [1.54, 1.807) is 93.6 Å². The van der Waals surface area contributed by atoms with Crippen LogP contribution in [0.1, 0.15) is 89.0 Å². The largest absolute Gasteiger partial charge is 0.497 e. The number of hydrogen-bond donors (Lipinski definition) is 3. The zero-order chi connectivity index (χ0) is 47.2. The quantitative estimate of drug-likeness (QED) is 0.140. The third kappa shape index (κ3) is 12.5. The van der Waals surface area contributed by atoms with E-state index in [1.807, 2.05) is 0 Å². The van der Waals surface area contributed by atoms with Crippen LogP contribution in [0.2, 0.25) is 5.02 Å². The minimum absolute atomic E-state index is 0.114. The fourth-order valence-electron chi connectivity index (χ4n) is 8.19. The van der Waals surface area contributed by atoms with Gasteiger partial charge in [-0.25, -0.2) is 13.2 Å². The Morgan fingerprint density at radius 3 is 1.98 bits per heavy atom. The van der Waals surface area contributed by atoms with Crippen LogP contribution < -0.4 is 20.7 Å². The molecule has 4 amide bonds. The van der Waals surface area contributed by atoms with E-state index >= 15 is 4.79 Å². The highest BCUT2D eigenvalue weighted by molar-refractivity contribution is 7.91. The molecule has 3 aromatic rings. The van der Waals surface area contributed by atoms with Crippen LogP contribution in [0.5, 0.6) is 5.75 Å². The molecule has 1 saturated carbocycles. The van der Waals surface area contributed by atoms with E-state index in [9.17, 15) is 40.8 Å². The molecule has 0 radical (unpaired) electrons. The third-order valence-electron chi connectivity index (χ3n) is 11.6. The average molecular weight is 933 g/mol. The van der Waals surface area contributed by atoms with E-state index < -0.39 is 105 Å². The number of halogens is 4. The number of sulfone groups is 1. The van der Waals surface area contributed by atoms with Crippen LogP contribution >= 0.6 is 11.6 Å². The molecule has 2 aliphatic rings. The van der Waals surface area contributed by atoms with Crippen LogP contribution in [0.3, 0.4) is 0 Å². The lowest BCUT2D eigenvalue weighted by Gasteiger charge is -2.34. The number of nitrogens with one attached hydrogen (secondary N) is 3. The van der Waals surface area contributed by atoms with Crippen LogP contribution in [0.15, 0.2) is 72.8 Å². The molecule has 3 aromatic carbocycles. The molecule has 13 nitrogen and oxygen atoms in total. The van der Waals surface area contributed by atoms with Gasteiger partial charge in [0.05, 0.1) is 29.6 Å². The first-order chi connectivity index (χ1) is 29.9. The summed E-state index contributed by atoms with van der Waals surface area (Å²) < 4.78 is 79.9. The Morgan fingerprint density at radius 2 is 1.44 bits per heavy atom. The van der Waals surface area contributed by atoms with E-state index in [-0.39, 0.29) is 13.0 Å². The van der Waals surface area contributed by atoms with E-state index in [0.717, 1.165) is 4.90 Å². The van der Waals surface area contributed by atoms with Crippen LogP contribution in [-0.2, 0) is 57.9 Å². The minimum atomic E-state index is -5.30. The van der Waals surface area contributed by atoms with Crippen molar-refractivity contribution in [2.24, 2.45) is 5.92 Å². The summed E-state index contributed by atoms with van der Waals surface area (Å²) in [5.74, 6) is -5.70. The summed E-state index contributed by atoms with van der Waals surface area (Å²) in [6.07, 6.45) is -4.23. The lowest BCUT2D eigenvalue weighted by Crippen LogP contribution is -2.58. The van der Waals surface area contributed by atoms with Gasteiger partial charge in [0.2, 0.25) is 17.7 Å². The maximum atomic E-state index is 15.1. The highest BCUT2D eigenvalue weighted by Gasteiger charge is 2.51. The SMILES string of the molecule is COc1ccc(CS(=O)(=O)[C@@H]2C[C@@H](C(=O)NC(C(=O)C(F)(F)F)C(C)C)N(C(=O)[C@H](Cc3ccc(CNC(=O)OC(C)(C)C)cc3)NC(=O)C3(c4ccc(Cl)cc4)CCCC3)C2)cc1. The summed E-state index contributed by atoms with van der Waals surface area (Å²) in [5, 5.41) is 6.91. The number of methoxy groups -OCH3 is 1. The van der Waals surface area contributed by atoms with Gasteiger partial charge in [-0.3, -0.25) is 19.2 Å². The Morgan fingerprint density at radius 1 is 0.859 bits per heavy atom. The number of carbonyl (C=O) groups is 5. The van der Waals surface area contributed by atoms with E-state index in [4.69, 9.17) is 21.1 Å². The van der Waals surface area contributed by atoms with Crippen molar-refractivity contribution in [3.05, 3.63) is 100 Å². The highest BCUT2D eigenvalue weighted by Crippen LogP contribution is 2.42. The zero-order valence-corrected chi connectivity index (χ0v) is 38.3. The van der Waals surface area contributed by atoms with Gasteiger partial charge in [0.25, 0.3) is 5.78 Å². The number of rotatable bonds is 16. The third-order valence-corrected chi connectivity index (χ3v) is 13.9. The predicted octanol–water partition coefficient (Wildman–Crippen LogP) is 6.77. The zero-order valence-electron chi connectivity index (χ0n) is 36.7. The van der Waals surface area contributed by atoms with Gasteiger partial charge >= 0.3 is 12.3 Å². The summed E-state index contributed by atoms with van der Waals surface area (Å²) in [6, 6.07) is 14.8. The number of hydrogen-bond acceptors (Lipinski definition) is 9. The minimum Gasteiger partial charge on any atom is -0.497 e. The Balaban J connectivity index is 1.51. The first kappa shape index (κ1) is 49.8. The van der Waals surface area contributed by atoms with Crippen molar-refractivity contribution in [2.75, 3.05) is 13.7 Å². The number of ether oxygens (including phenoxy) is 2. The van der Waals surface area contributed by atoms with Crippen molar-refractivity contribution in [1.82, 2.24) is 20.9 Å². The van der Waals surface area contributed by atoms with E-state index in [2.05, 4.69) is 16.0 Å². The van der Waals surface area contributed by atoms with Gasteiger partial charge in [-0.05, 0) is 92.5 Å². The summed E-state index contributed by atoms with van der Waals surface area (Å²) in [4.78, 5) is 69.7. The molecule has 0 spiro atoms. The summed E-state index contributed by atoms with van der Waals surface area (Å²) >= 11 is 6.20. The van der Waals surface area contributed by atoms with E-state index in [1.165, 1.54) is 21.0 Å². The molecule has 348 valence electrons. The second-order valence-electron chi connectivity index (χ2n) is 17.8. The summed E-state index contributed by atoms with van der Waals surface area (Å²) in [7, 11) is -2.69. The number of alkyl halides is 3. The van der Waals surface area contributed by atoms with Crippen LogP contribution in [0, 0.1) is 5.92 Å². The molecular weight excluding hydrogens is 877 g/mol. The second-order valence-corrected chi connectivity index (χ2v) is 20.5. The molecule has 4 atom stereocenters. The molecule has 1 unspecified atom stereocenters. The molecule has 1 heterocycles. The molecule has 0 bridgehead atoms. The number of amides is 4. The standard InChI is InChI=1S/C46H56ClF3N4O9S/c1-28(2)38(39(55)46(48,49)50)53-40(56)37-24-35(64(60,61)27-31-13-19-34(62-6)20-14-31)26-54(37)41(57)36(23-29-9-11-30(12-10-29)25-51-43(59)63-44(3,4)5)52-42(58)45(21-7-8-22-45)32-15-17-33(47)18-16-32/h9-20,28,35-38H,7-8,21-27H2,1-6H3,(H,51,59)(H,52,58)(H,53,56)/t35-,36+,37+,38?/m1/s1. The Hall–Kier alpha value is -5.16. The van der Waals surface area contributed by atoms with Gasteiger partial charge < -0.3 is 30.3 Å². The van der Waals surface area contributed by atoms with Crippen molar-refractivity contribution in [3.8, 4) is 5.75 Å². The fourth-order valence-corrected chi connectivity index (χ4v) is 10.1. The van der Waals surface area contributed by atoms with Gasteiger partial charge in [-0.2, -0.15) is 13.2 Å². The number of Topliss-reactive ketones (excluding diaryl/α,β-unsaturated/α-hetero) is 1.